The fourth-order valence-electron chi connectivity index (χ4n) is 3.60. The van der Waals surface area contributed by atoms with Gasteiger partial charge in [0, 0.05) is 18.9 Å². The Bertz CT molecular complexity index is 558. The van der Waals surface area contributed by atoms with Crippen molar-refractivity contribution in [2.45, 2.75) is 31.8 Å². The van der Waals surface area contributed by atoms with E-state index in [4.69, 9.17) is 4.74 Å². The predicted molar refractivity (Wildman–Crippen MR) is 79.9 cm³/mol. The number of nitriles is 1. The average molecular weight is 286 g/mol. The van der Waals surface area contributed by atoms with Gasteiger partial charge in [-0.05, 0) is 37.9 Å². The Morgan fingerprint density at radius 2 is 2.29 bits per heavy atom. The molecule has 4 nitrogen and oxygen atoms in total. The molecule has 3 rings (SSSR count). The third kappa shape index (κ3) is 2.31. The molecule has 4 heteroatoms. The average Bonchev–Trinajstić information content (AvgIpc) is 2.55. The van der Waals surface area contributed by atoms with E-state index in [1.807, 2.05) is 31.2 Å². The standard InChI is InChI=1S/C17H22N2O2/c1-16(20,14-6-4-8-19-10-14)17(11-18)9-13-5-2-3-7-15(13)21-12-17/h2-3,5,7,14,19-20H,4,6,8-10,12H2,1H3. The third-order valence-electron chi connectivity index (χ3n) is 5.21. The van der Waals surface area contributed by atoms with Gasteiger partial charge in [0.2, 0.25) is 0 Å². The van der Waals surface area contributed by atoms with Crippen molar-refractivity contribution in [2.75, 3.05) is 19.7 Å². The van der Waals surface area contributed by atoms with Crippen LogP contribution in [0.5, 0.6) is 5.75 Å². The predicted octanol–water partition coefficient (Wildman–Crippen LogP) is 1.88. The highest BCUT2D eigenvalue weighted by Crippen LogP contribution is 2.46. The van der Waals surface area contributed by atoms with Crippen LogP contribution in [-0.2, 0) is 6.42 Å². The Morgan fingerprint density at radius 3 is 3.00 bits per heavy atom. The van der Waals surface area contributed by atoms with Crippen molar-refractivity contribution >= 4 is 0 Å². The van der Waals surface area contributed by atoms with Gasteiger partial charge in [0.25, 0.3) is 0 Å². The van der Waals surface area contributed by atoms with E-state index in [-0.39, 0.29) is 12.5 Å². The van der Waals surface area contributed by atoms with Crippen LogP contribution in [0.25, 0.3) is 0 Å². The van der Waals surface area contributed by atoms with E-state index in [1.165, 1.54) is 0 Å². The first-order chi connectivity index (χ1) is 10.1. The molecule has 0 amide bonds. The van der Waals surface area contributed by atoms with E-state index in [9.17, 15) is 10.4 Å². The van der Waals surface area contributed by atoms with Gasteiger partial charge in [-0.3, -0.25) is 0 Å². The van der Waals surface area contributed by atoms with Crippen molar-refractivity contribution in [1.29, 1.82) is 5.26 Å². The van der Waals surface area contributed by atoms with Gasteiger partial charge in [-0.25, -0.2) is 0 Å². The maximum atomic E-state index is 11.2. The van der Waals surface area contributed by atoms with Crippen molar-refractivity contribution in [2.24, 2.45) is 11.3 Å². The lowest BCUT2D eigenvalue weighted by molar-refractivity contribution is -0.112. The summed E-state index contributed by atoms with van der Waals surface area (Å²) < 4.78 is 5.80. The minimum atomic E-state index is -1.07. The van der Waals surface area contributed by atoms with Gasteiger partial charge in [-0.2, -0.15) is 5.26 Å². The summed E-state index contributed by atoms with van der Waals surface area (Å²) in [6, 6.07) is 10.2. The first kappa shape index (κ1) is 14.4. The van der Waals surface area contributed by atoms with Gasteiger partial charge in [-0.1, -0.05) is 18.2 Å². The maximum absolute atomic E-state index is 11.2. The Labute approximate surface area is 125 Å². The van der Waals surface area contributed by atoms with Crippen molar-refractivity contribution in [3.05, 3.63) is 29.8 Å². The molecule has 3 atom stereocenters. The second kappa shape index (κ2) is 5.32. The number of nitrogens with zero attached hydrogens (tertiary/aromatic N) is 1. The lowest BCUT2D eigenvalue weighted by Gasteiger charge is -2.48. The number of hydrogen-bond acceptors (Lipinski definition) is 4. The molecule has 2 aliphatic rings. The Morgan fingerprint density at radius 1 is 1.48 bits per heavy atom. The van der Waals surface area contributed by atoms with Gasteiger partial charge in [0.1, 0.15) is 17.8 Å². The van der Waals surface area contributed by atoms with Gasteiger partial charge in [0.05, 0.1) is 11.7 Å². The summed E-state index contributed by atoms with van der Waals surface area (Å²) in [4.78, 5) is 0. The number of ether oxygens (including phenoxy) is 1. The molecule has 0 spiro atoms. The lowest BCUT2D eigenvalue weighted by Crippen LogP contribution is -2.59. The summed E-state index contributed by atoms with van der Waals surface area (Å²) in [5.41, 5.74) is -0.942. The Hall–Kier alpha value is -1.57. The fraction of sp³-hybridized carbons (Fsp3) is 0.588. The van der Waals surface area contributed by atoms with Crippen LogP contribution in [0.15, 0.2) is 24.3 Å². The quantitative estimate of drug-likeness (QED) is 0.871. The molecule has 1 saturated heterocycles. The summed E-state index contributed by atoms with van der Waals surface area (Å²) in [6.07, 6.45) is 2.54. The second-order valence-corrected chi connectivity index (χ2v) is 6.46. The summed E-state index contributed by atoms with van der Waals surface area (Å²) in [5.74, 6) is 0.917. The highest BCUT2D eigenvalue weighted by atomic mass is 16.5. The van der Waals surface area contributed by atoms with Crippen LogP contribution < -0.4 is 10.1 Å². The maximum Gasteiger partial charge on any atom is 0.124 e. The Balaban J connectivity index is 1.92. The molecule has 1 aromatic carbocycles. The number of aliphatic hydroxyl groups is 1. The summed E-state index contributed by atoms with van der Waals surface area (Å²) in [6.45, 7) is 3.82. The van der Waals surface area contributed by atoms with E-state index < -0.39 is 11.0 Å². The summed E-state index contributed by atoms with van der Waals surface area (Å²) in [7, 11) is 0. The molecule has 1 fully saturated rings. The molecule has 3 unspecified atom stereocenters. The van der Waals surface area contributed by atoms with Gasteiger partial charge in [0.15, 0.2) is 0 Å². The van der Waals surface area contributed by atoms with Crippen molar-refractivity contribution in [1.82, 2.24) is 5.32 Å². The third-order valence-corrected chi connectivity index (χ3v) is 5.21. The summed E-state index contributed by atoms with van der Waals surface area (Å²) >= 11 is 0. The first-order valence-corrected chi connectivity index (χ1v) is 7.64. The van der Waals surface area contributed by atoms with Crippen molar-refractivity contribution in [3.63, 3.8) is 0 Å². The van der Waals surface area contributed by atoms with E-state index in [1.54, 1.807) is 0 Å². The zero-order valence-electron chi connectivity index (χ0n) is 12.4. The molecule has 2 N–H and O–H groups in total. The fourth-order valence-corrected chi connectivity index (χ4v) is 3.60. The minimum absolute atomic E-state index is 0.0831. The molecule has 0 radical (unpaired) electrons. The molecule has 21 heavy (non-hydrogen) atoms. The van der Waals surface area contributed by atoms with Crippen LogP contribution in [0.2, 0.25) is 0 Å². The van der Waals surface area contributed by atoms with Gasteiger partial charge < -0.3 is 15.2 Å². The molecule has 0 bridgehead atoms. The summed E-state index contributed by atoms with van der Waals surface area (Å²) in [5, 5.41) is 24.4. The molecular formula is C17H22N2O2. The zero-order chi connectivity index (χ0) is 14.9. The van der Waals surface area contributed by atoms with Crippen LogP contribution in [0, 0.1) is 22.7 Å². The monoisotopic (exact) mass is 286 g/mol. The van der Waals surface area contributed by atoms with E-state index in [0.717, 1.165) is 37.2 Å². The topological polar surface area (TPSA) is 65.3 Å². The van der Waals surface area contributed by atoms with Crippen molar-refractivity contribution < 1.29 is 9.84 Å². The Kier molecular flexibility index (Phi) is 3.64. The van der Waals surface area contributed by atoms with Crippen LogP contribution in [0.4, 0.5) is 0 Å². The number of benzene rings is 1. The largest absolute Gasteiger partial charge is 0.492 e. The second-order valence-electron chi connectivity index (χ2n) is 6.46. The lowest BCUT2D eigenvalue weighted by atomic mass is 9.62. The van der Waals surface area contributed by atoms with Gasteiger partial charge >= 0.3 is 0 Å². The van der Waals surface area contributed by atoms with E-state index in [0.29, 0.717) is 6.42 Å². The van der Waals surface area contributed by atoms with E-state index in [2.05, 4.69) is 11.4 Å². The number of rotatable bonds is 2. The van der Waals surface area contributed by atoms with Crippen LogP contribution in [-0.4, -0.2) is 30.4 Å². The molecule has 0 aliphatic carbocycles. The number of fused-ring (bicyclic) bond motifs is 1. The van der Waals surface area contributed by atoms with Crippen LogP contribution in [0.3, 0.4) is 0 Å². The molecule has 2 heterocycles. The number of piperidine rings is 1. The number of nitrogens with one attached hydrogen (secondary N) is 1. The minimum Gasteiger partial charge on any atom is -0.492 e. The van der Waals surface area contributed by atoms with E-state index >= 15 is 0 Å². The molecular weight excluding hydrogens is 264 g/mol. The van der Waals surface area contributed by atoms with Crippen LogP contribution in [0.1, 0.15) is 25.3 Å². The van der Waals surface area contributed by atoms with Crippen molar-refractivity contribution in [3.8, 4) is 11.8 Å². The normalized spacial score (nSPS) is 31.4. The highest BCUT2D eigenvalue weighted by Gasteiger charge is 2.54. The van der Waals surface area contributed by atoms with Crippen LogP contribution >= 0.6 is 0 Å². The molecule has 1 aromatic rings. The molecule has 0 saturated carbocycles. The molecule has 0 aromatic heterocycles. The SMILES string of the molecule is CC(O)(C1CCCNC1)C1(C#N)COc2ccccc2C1. The number of hydrogen-bond donors (Lipinski definition) is 2. The zero-order valence-corrected chi connectivity index (χ0v) is 12.4. The first-order valence-electron chi connectivity index (χ1n) is 7.64. The smallest absolute Gasteiger partial charge is 0.124 e. The van der Waals surface area contributed by atoms with Gasteiger partial charge in [-0.15, -0.1) is 0 Å². The number of para-hydroxylation sites is 1. The molecule has 2 aliphatic heterocycles. The highest BCUT2D eigenvalue weighted by molar-refractivity contribution is 5.38. The molecule has 112 valence electrons.